The summed E-state index contributed by atoms with van der Waals surface area (Å²) in [6.07, 6.45) is -0.922. The molecule has 1 aromatic rings. The van der Waals surface area contributed by atoms with E-state index in [1.54, 1.807) is 12.1 Å². The number of benzene rings is 1. The lowest BCUT2D eigenvalue weighted by molar-refractivity contribution is -0.143. The molecule has 1 rings (SSSR count). The summed E-state index contributed by atoms with van der Waals surface area (Å²) in [4.78, 5) is 12.9. The number of alkyl halides is 4. The van der Waals surface area contributed by atoms with E-state index in [9.17, 15) is 13.6 Å². The highest BCUT2D eigenvalue weighted by molar-refractivity contribution is 6.18. The van der Waals surface area contributed by atoms with Gasteiger partial charge in [0.2, 0.25) is 0 Å². The second-order valence-electron chi connectivity index (χ2n) is 4.70. The Labute approximate surface area is 139 Å². The summed E-state index contributed by atoms with van der Waals surface area (Å²) in [5, 5.41) is 0. The molecule has 124 valence electrons. The molecule has 7 heteroatoms. The van der Waals surface area contributed by atoms with Crippen molar-refractivity contribution in [3.63, 3.8) is 0 Å². The van der Waals surface area contributed by atoms with Crippen molar-refractivity contribution in [3.8, 4) is 0 Å². The predicted molar refractivity (Wildman–Crippen MR) is 85.2 cm³/mol. The minimum atomic E-state index is -3.10. The quantitative estimate of drug-likeness (QED) is 0.496. The fourth-order valence-electron chi connectivity index (χ4n) is 2.01. The first kappa shape index (κ1) is 19.0. The van der Waals surface area contributed by atoms with Crippen LogP contribution in [-0.4, -0.2) is 37.9 Å². The minimum Gasteiger partial charge on any atom is -0.469 e. The second-order valence-corrected chi connectivity index (χ2v) is 5.45. The summed E-state index contributed by atoms with van der Waals surface area (Å²) in [6.45, 7) is 1.04. The molecule has 1 aromatic carbocycles. The van der Waals surface area contributed by atoms with E-state index in [1.165, 1.54) is 19.2 Å². The predicted octanol–water partition coefficient (Wildman–Crippen LogP) is 4.02. The van der Waals surface area contributed by atoms with Crippen LogP contribution in [-0.2, 0) is 15.5 Å². The molecular formula is C15H19Cl2F2NO2. The number of carbonyl (C=O) groups excluding carboxylic acids is 1. The van der Waals surface area contributed by atoms with Crippen LogP contribution in [0.1, 0.15) is 18.4 Å². The lowest BCUT2D eigenvalue weighted by atomic mass is 10.0. The molecule has 0 atom stereocenters. The maximum Gasteiger partial charge on any atom is 0.305 e. The molecule has 0 aliphatic rings. The molecule has 0 amide bonds. The molecule has 0 radical (unpaired) electrons. The third-order valence-corrected chi connectivity index (χ3v) is 3.55. The zero-order chi connectivity index (χ0) is 16.6. The largest absolute Gasteiger partial charge is 0.469 e. The molecule has 0 heterocycles. The summed E-state index contributed by atoms with van der Waals surface area (Å²) >= 11 is 11.5. The highest BCUT2D eigenvalue weighted by atomic mass is 35.5. The summed E-state index contributed by atoms with van der Waals surface area (Å²) in [7, 11) is 1.18. The van der Waals surface area contributed by atoms with Crippen molar-refractivity contribution in [2.75, 3.05) is 36.9 Å². The molecule has 3 nitrogen and oxygen atoms in total. The number of halogens is 4. The van der Waals surface area contributed by atoms with Crippen LogP contribution in [0, 0.1) is 0 Å². The third-order valence-electron chi connectivity index (χ3n) is 3.21. The lowest BCUT2D eigenvalue weighted by Crippen LogP contribution is -2.28. The monoisotopic (exact) mass is 353 g/mol. The first-order valence-electron chi connectivity index (χ1n) is 6.86. The number of ether oxygens (including phenoxy) is 1. The Morgan fingerprint density at radius 3 is 2.45 bits per heavy atom. The van der Waals surface area contributed by atoms with E-state index in [4.69, 9.17) is 23.2 Å². The topological polar surface area (TPSA) is 29.5 Å². The van der Waals surface area contributed by atoms with E-state index < -0.39 is 18.3 Å². The molecule has 0 aliphatic heterocycles. The van der Waals surface area contributed by atoms with Gasteiger partial charge < -0.3 is 9.64 Å². The van der Waals surface area contributed by atoms with Crippen LogP contribution in [0.3, 0.4) is 0 Å². The van der Waals surface area contributed by atoms with Gasteiger partial charge in [-0.25, -0.2) is 8.78 Å². The number of hydrogen-bond acceptors (Lipinski definition) is 3. The van der Waals surface area contributed by atoms with Gasteiger partial charge in [0.05, 0.1) is 13.5 Å². The fourth-order valence-corrected chi connectivity index (χ4v) is 2.42. The Morgan fingerprint density at radius 2 is 1.91 bits per heavy atom. The van der Waals surface area contributed by atoms with Gasteiger partial charge in [-0.2, -0.15) is 0 Å². The first-order valence-corrected chi connectivity index (χ1v) is 7.93. The third kappa shape index (κ3) is 5.61. The van der Waals surface area contributed by atoms with Gasteiger partial charge in [0.15, 0.2) is 0 Å². The smallest absolute Gasteiger partial charge is 0.305 e. The number of carbonyl (C=O) groups is 1. The van der Waals surface area contributed by atoms with Gasteiger partial charge in [0.25, 0.3) is 5.92 Å². The first-order chi connectivity index (χ1) is 10.4. The normalized spacial score (nSPS) is 11.3. The Kier molecular flexibility index (Phi) is 7.90. The molecule has 22 heavy (non-hydrogen) atoms. The van der Waals surface area contributed by atoms with Crippen molar-refractivity contribution >= 4 is 34.9 Å². The summed E-state index contributed by atoms with van der Waals surface area (Å²) in [6, 6.07) is 6.06. The number of hydrogen-bond donors (Lipinski definition) is 0. The van der Waals surface area contributed by atoms with Gasteiger partial charge in [-0.1, -0.05) is 12.1 Å². The number of anilines is 1. The molecule has 0 aromatic heterocycles. The van der Waals surface area contributed by atoms with E-state index in [1.807, 2.05) is 4.90 Å². The van der Waals surface area contributed by atoms with Crippen LogP contribution in [0.25, 0.3) is 0 Å². The van der Waals surface area contributed by atoms with Crippen molar-refractivity contribution < 1.29 is 18.3 Å². The van der Waals surface area contributed by atoms with E-state index in [0.717, 1.165) is 0 Å². The van der Waals surface area contributed by atoms with Gasteiger partial charge >= 0.3 is 5.97 Å². The van der Waals surface area contributed by atoms with E-state index in [2.05, 4.69) is 4.74 Å². The van der Waals surface area contributed by atoms with Crippen molar-refractivity contribution in [2.24, 2.45) is 0 Å². The molecule has 0 saturated heterocycles. The number of rotatable bonds is 9. The number of methoxy groups -OCH3 is 1. The molecule has 0 N–H and O–H groups in total. The Balaban J connectivity index is 2.91. The highest BCUT2D eigenvalue weighted by Gasteiger charge is 2.32. The van der Waals surface area contributed by atoms with Gasteiger partial charge in [-0.05, 0) is 12.1 Å². The van der Waals surface area contributed by atoms with Gasteiger partial charge in [0.1, 0.15) is 0 Å². The highest BCUT2D eigenvalue weighted by Crippen LogP contribution is 2.34. The maximum atomic E-state index is 14.2. The minimum absolute atomic E-state index is 0.136. The molecule has 0 bridgehead atoms. The SMILES string of the molecule is COC(=O)CCC(F)(F)c1cccc(N(CCCl)CCCl)c1. The maximum absolute atomic E-state index is 14.2. The second kappa shape index (κ2) is 9.16. The zero-order valence-electron chi connectivity index (χ0n) is 12.3. The van der Waals surface area contributed by atoms with Crippen LogP contribution < -0.4 is 4.90 Å². The fraction of sp³-hybridized carbons (Fsp3) is 0.533. The zero-order valence-corrected chi connectivity index (χ0v) is 13.8. The number of nitrogens with zero attached hydrogens (tertiary/aromatic N) is 1. The molecule has 0 unspecified atom stereocenters. The van der Waals surface area contributed by atoms with Gasteiger partial charge in [-0.15, -0.1) is 23.2 Å². The molecule has 0 spiro atoms. The average molecular weight is 354 g/mol. The van der Waals surface area contributed by atoms with E-state index in [0.29, 0.717) is 30.5 Å². The van der Waals surface area contributed by atoms with Crippen molar-refractivity contribution in [2.45, 2.75) is 18.8 Å². The number of esters is 1. The van der Waals surface area contributed by atoms with Crippen LogP contribution in [0.5, 0.6) is 0 Å². The van der Waals surface area contributed by atoms with Crippen molar-refractivity contribution in [1.29, 1.82) is 0 Å². The summed E-state index contributed by atoms with van der Waals surface area (Å²) < 4.78 is 32.8. The summed E-state index contributed by atoms with van der Waals surface area (Å²) in [5.74, 6) is -3.00. The average Bonchev–Trinajstić information content (AvgIpc) is 2.52. The Hall–Kier alpha value is -1.07. The van der Waals surface area contributed by atoms with Gasteiger partial charge in [-0.3, -0.25) is 4.79 Å². The van der Waals surface area contributed by atoms with Crippen LogP contribution in [0.15, 0.2) is 24.3 Å². The molecule has 0 fully saturated rings. The lowest BCUT2D eigenvalue weighted by Gasteiger charge is -2.25. The van der Waals surface area contributed by atoms with Crippen LogP contribution >= 0.6 is 23.2 Å². The van der Waals surface area contributed by atoms with Crippen LogP contribution in [0.2, 0.25) is 0 Å². The Morgan fingerprint density at radius 1 is 1.27 bits per heavy atom. The Bertz CT molecular complexity index is 480. The van der Waals surface area contributed by atoms with Crippen LogP contribution in [0.4, 0.5) is 14.5 Å². The van der Waals surface area contributed by atoms with E-state index in [-0.39, 0.29) is 12.0 Å². The van der Waals surface area contributed by atoms with Crippen molar-refractivity contribution in [1.82, 2.24) is 0 Å². The van der Waals surface area contributed by atoms with Crippen molar-refractivity contribution in [3.05, 3.63) is 29.8 Å². The summed E-state index contributed by atoms with van der Waals surface area (Å²) in [5.41, 5.74) is 0.500. The standard InChI is InChI=1S/C15H19Cl2F2NO2/c1-22-14(21)5-6-15(18,19)12-3-2-4-13(11-12)20(9-7-16)10-8-17/h2-4,11H,5-10H2,1H3. The van der Waals surface area contributed by atoms with E-state index >= 15 is 0 Å². The molecule has 0 aliphatic carbocycles. The molecule has 0 saturated carbocycles. The van der Waals surface area contributed by atoms with Gasteiger partial charge in [0, 0.05) is 42.5 Å². The molecular weight excluding hydrogens is 335 g/mol.